The van der Waals surface area contributed by atoms with Crippen LogP contribution < -0.4 is 5.48 Å². The summed E-state index contributed by atoms with van der Waals surface area (Å²) in [6.45, 7) is 0. The lowest BCUT2D eigenvalue weighted by atomic mass is 10.0. The summed E-state index contributed by atoms with van der Waals surface area (Å²) in [5, 5.41) is 19.3. The minimum absolute atomic E-state index is 0.0805. The van der Waals surface area contributed by atoms with Crippen LogP contribution in [0.3, 0.4) is 0 Å². The molecule has 2 bridgehead atoms. The van der Waals surface area contributed by atoms with Crippen LogP contribution in [0.2, 0.25) is 0 Å². The molecule has 3 N–H and O–H groups in total. The molecule has 8 heteroatoms. The van der Waals surface area contributed by atoms with Gasteiger partial charge in [-0.25, -0.2) is 15.1 Å². The molecule has 2 aliphatic heterocycles. The molecule has 0 amide bonds. The molecule has 0 aliphatic carbocycles. The molecule has 8 nitrogen and oxygen atoms in total. The number of aromatic nitrogens is 4. The van der Waals surface area contributed by atoms with Crippen molar-refractivity contribution < 1.29 is 9.94 Å². The van der Waals surface area contributed by atoms with E-state index in [1.54, 1.807) is 28.8 Å². The van der Waals surface area contributed by atoms with E-state index in [1.807, 2.05) is 0 Å². The Hall–Kier alpha value is -2.16. The van der Waals surface area contributed by atoms with Crippen molar-refractivity contribution in [2.45, 2.75) is 31.5 Å². The second kappa shape index (κ2) is 6.30. The monoisotopic (exact) mass is 302 g/mol. The molecule has 1 saturated heterocycles. The molecule has 0 radical (unpaired) electrons. The molecule has 1 fully saturated rings. The second-order valence-electron chi connectivity index (χ2n) is 5.12. The van der Waals surface area contributed by atoms with Crippen molar-refractivity contribution in [2.24, 2.45) is 0 Å². The number of hydrogen-bond donors (Lipinski definition) is 3. The van der Waals surface area contributed by atoms with Crippen LogP contribution in [0.5, 0.6) is 0 Å². The minimum Gasteiger partial charge on any atom is -0.368 e. The van der Waals surface area contributed by atoms with Crippen LogP contribution in [0, 0.1) is 5.41 Å². The summed E-state index contributed by atoms with van der Waals surface area (Å²) >= 11 is 0. The van der Waals surface area contributed by atoms with E-state index in [4.69, 9.17) is 15.4 Å². The van der Waals surface area contributed by atoms with Gasteiger partial charge in [0.15, 0.2) is 5.82 Å². The van der Waals surface area contributed by atoms with Gasteiger partial charge in [-0.15, -0.1) is 0 Å². The minimum atomic E-state index is 0.0805. The zero-order chi connectivity index (χ0) is 15.5. The zero-order valence-corrected chi connectivity index (χ0v) is 12.2. The van der Waals surface area contributed by atoms with Crippen molar-refractivity contribution in [3.8, 4) is 5.82 Å². The van der Waals surface area contributed by atoms with Crippen molar-refractivity contribution in [2.75, 3.05) is 7.05 Å². The fourth-order valence-corrected chi connectivity index (χ4v) is 3.00. The lowest BCUT2D eigenvalue weighted by Crippen LogP contribution is -2.20. The van der Waals surface area contributed by atoms with Crippen molar-refractivity contribution in [3.05, 3.63) is 35.5 Å². The highest BCUT2D eigenvalue weighted by Crippen LogP contribution is 2.42. The summed E-state index contributed by atoms with van der Waals surface area (Å²) in [7, 11) is 1.43. The van der Waals surface area contributed by atoms with Gasteiger partial charge in [0.05, 0.1) is 18.0 Å². The number of fused-ring (bicyclic) bond motifs is 4. The highest BCUT2D eigenvalue weighted by atomic mass is 16.5. The van der Waals surface area contributed by atoms with Gasteiger partial charge in [0.25, 0.3) is 0 Å². The van der Waals surface area contributed by atoms with Crippen LogP contribution in [0.1, 0.15) is 35.9 Å². The fourth-order valence-electron chi connectivity index (χ4n) is 3.00. The molecule has 2 aromatic rings. The predicted molar refractivity (Wildman–Crippen MR) is 78.4 cm³/mol. The SMILES string of the molecule is CNO.N=Cc1nn(-c2cnccn2)c2c1CC1CCC2O1. The van der Waals surface area contributed by atoms with Gasteiger partial charge in [-0.2, -0.15) is 5.10 Å². The Labute approximate surface area is 127 Å². The Morgan fingerprint density at radius 3 is 2.95 bits per heavy atom. The molecule has 4 heterocycles. The van der Waals surface area contributed by atoms with Crippen LogP contribution >= 0.6 is 0 Å². The van der Waals surface area contributed by atoms with E-state index in [-0.39, 0.29) is 12.2 Å². The lowest BCUT2D eigenvalue weighted by Gasteiger charge is -2.22. The smallest absolute Gasteiger partial charge is 0.172 e. The van der Waals surface area contributed by atoms with Crippen LogP contribution in [0.15, 0.2) is 18.6 Å². The maximum absolute atomic E-state index is 7.53. The van der Waals surface area contributed by atoms with E-state index >= 15 is 0 Å². The average Bonchev–Trinajstić information content (AvgIpc) is 3.11. The van der Waals surface area contributed by atoms with Crippen molar-refractivity contribution in [1.82, 2.24) is 25.2 Å². The van der Waals surface area contributed by atoms with Crippen LogP contribution in [-0.4, -0.2) is 44.3 Å². The first-order valence-corrected chi connectivity index (χ1v) is 7.13. The van der Waals surface area contributed by atoms with Gasteiger partial charge in [-0.3, -0.25) is 4.98 Å². The number of ether oxygens (including phenoxy) is 1. The fraction of sp³-hybridized carbons (Fsp3) is 0.429. The van der Waals surface area contributed by atoms with E-state index in [9.17, 15) is 0 Å². The number of hydroxylamine groups is 1. The number of nitrogens with one attached hydrogen (secondary N) is 2. The molecule has 116 valence electrons. The van der Waals surface area contributed by atoms with E-state index in [0.717, 1.165) is 36.2 Å². The van der Waals surface area contributed by atoms with Crippen molar-refractivity contribution in [1.29, 1.82) is 5.41 Å². The summed E-state index contributed by atoms with van der Waals surface area (Å²) in [6, 6.07) is 0. The Kier molecular flexibility index (Phi) is 4.23. The highest BCUT2D eigenvalue weighted by Gasteiger charge is 2.38. The first kappa shape index (κ1) is 14.8. The predicted octanol–water partition coefficient (Wildman–Crippen LogP) is 1.03. The third kappa shape index (κ3) is 2.52. The second-order valence-corrected chi connectivity index (χ2v) is 5.12. The van der Waals surface area contributed by atoms with Crippen LogP contribution in [0.4, 0.5) is 0 Å². The standard InChI is InChI=1S/C13H13N5O.CH5NO/c14-6-10-9-5-8-1-2-11(19-8)13(9)18(17-10)12-7-15-3-4-16-12;1-2-3/h3-4,6-8,11,14H,1-2,5H2;2-3H,1H3. The van der Waals surface area contributed by atoms with Gasteiger partial charge in [-0.1, -0.05) is 0 Å². The first-order valence-electron chi connectivity index (χ1n) is 7.13. The number of nitrogens with zero attached hydrogens (tertiary/aromatic N) is 4. The van der Waals surface area contributed by atoms with Crippen LogP contribution in [-0.2, 0) is 11.2 Å². The summed E-state index contributed by atoms with van der Waals surface area (Å²) in [4.78, 5) is 8.38. The largest absolute Gasteiger partial charge is 0.368 e. The van der Waals surface area contributed by atoms with Gasteiger partial charge < -0.3 is 15.4 Å². The quantitative estimate of drug-likeness (QED) is 0.565. The summed E-state index contributed by atoms with van der Waals surface area (Å²) in [5.74, 6) is 0.681. The third-order valence-electron chi connectivity index (χ3n) is 3.80. The van der Waals surface area contributed by atoms with Gasteiger partial charge in [0, 0.05) is 37.6 Å². The summed E-state index contributed by atoms with van der Waals surface area (Å²) in [5.41, 5.74) is 4.66. The van der Waals surface area contributed by atoms with Crippen molar-refractivity contribution >= 4 is 6.21 Å². The van der Waals surface area contributed by atoms with Gasteiger partial charge >= 0.3 is 0 Å². The lowest BCUT2D eigenvalue weighted by molar-refractivity contribution is 0.0286. The molecule has 2 aromatic heterocycles. The Balaban J connectivity index is 0.000000446. The molecule has 2 unspecified atom stereocenters. The summed E-state index contributed by atoms with van der Waals surface area (Å²) < 4.78 is 7.75. The molecule has 0 saturated carbocycles. The van der Waals surface area contributed by atoms with E-state index in [2.05, 4.69) is 15.1 Å². The highest BCUT2D eigenvalue weighted by molar-refractivity contribution is 5.77. The molecule has 2 aliphatic rings. The average molecular weight is 302 g/mol. The Morgan fingerprint density at radius 2 is 2.27 bits per heavy atom. The topological polar surface area (TPSA) is 109 Å². The molecule has 4 rings (SSSR count). The molecule has 0 spiro atoms. The molecule has 22 heavy (non-hydrogen) atoms. The number of rotatable bonds is 2. The van der Waals surface area contributed by atoms with Crippen molar-refractivity contribution in [3.63, 3.8) is 0 Å². The van der Waals surface area contributed by atoms with Gasteiger partial charge in [-0.05, 0) is 12.8 Å². The van der Waals surface area contributed by atoms with Gasteiger partial charge in [0.1, 0.15) is 11.8 Å². The first-order chi connectivity index (χ1) is 10.8. The molecular formula is C14H18N6O2. The zero-order valence-electron chi connectivity index (χ0n) is 12.2. The molecular weight excluding hydrogens is 284 g/mol. The molecule has 0 aromatic carbocycles. The maximum atomic E-state index is 7.53. The van der Waals surface area contributed by atoms with E-state index < -0.39 is 0 Å². The number of hydrogen-bond acceptors (Lipinski definition) is 7. The summed E-state index contributed by atoms with van der Waals surface area (Å²) in [6.07, 6.45) is 9.59. The van der Waals surface area contributed by atoms with E-state index in [0.29, 0.717) is 5.82 Å². The maximum Gasteiger partial charge on any atom is 0.172 e. The van der Waals surface area contributed by atoms with Gasteiger partial charge in [0.2, 0.25) is 0 Å². The Bertz CT molecular complexity index is 657. The molecule has 2 atom stereocenters. The van der Waals surface area contributed by atoms with Crippen LogP contribution in [0.25, 0.3) is 5.82 Å². The Morgan fingerprint density at radius 1 is 1.45 bits per heavy atom. The van der Waals surface area contributed by atoms with E-state index in [1.165, 1.54) is 13.3 Å². The third-order valence-corrected chi connectivity index (χ3v) is 3.80. The normalized spacial score (nSPS) is 21.7.